The lowest BCUT2D eigenvalue weighted by atomic mass is 9.70. The van der Waals surface area contributed by atoms with Gasteiger partial charge in [-0.05, 0) is 42.4 Å². The zero-order valence-electron chi connectivity index (χ0n) is 11.8. The van der Waals surface area contributed by atoms with Gasteiger partial charge in [0, 0.05) is 6.42 Å². The van der Waals surface area contributed by atoms with Crippen molar-refractivity contribution in [2.75, 3.05) is 0 Å². The van der Waals surface area contributed by atoms with Gasteiger partial charge in [0.2, 0.25) is 0 Å². The Balaban J connectivity index is 1.77. The fourth-order valence-corrected chi connectivity index (χ4v) is 4.83. The van der Waals surface area contributed by atoms with Crippen molar-refractivity contribution in [2.24, 2.45) is 22.7 Å². The number of fused-ring (bicyclic) bond motifs is 5. The number of hydrogen-bond donors (Lipinski definition) is 0. The fraction of sp³-hybridized carbons (Fsp3) is 0.933. The van der Waals surface area contributed by atoms with Crippen LogP contribution in [-0.4, -0.2) is 18.5 Å². The number of ether oxygens (including phenoxy) is 2. The molecule has 3 nitrogen and oxygen atoms in total. The lowest BCUT2D eigenvalue weighted by Crippen LogP contribution is -2.38. The summed E-state index contributed by atoms with van der Waals surface area (Å²) >= 11 is 0. The largest absolute Gasteiger partial charge is 0.348 e. The SMILES string of the molecule is C[C@H](C#N)O[C@H]1C[C@@H]2[C@H]3CC[C@@](C)([C@@H]2O1)C3(C)C. The molecule has 0 aromatic carbocycles. The van der Waals surface area contributed by atoms with Crippen molar-refractivity contribution >= 4 is 0 Å². The minimum absolute atomic E-state index is 0.161. The lowest BCUT2D eigenvalue weighted by Gasteiger charge is -2.38. The van der Waals surface area contributed by atoms with Crippen molar-refractivity contribution < 1.29 is 9.47 Å². The van der Waals surface area contributed by atoms with E-state index >= 15 is 0 Å². The van der Waals surface area contributed by atoms with Gasteiger partial charge in [-0.2, -0.15) is 5.26 Å². The van der Waals surface area contributed by atoms with E-state index in [1.165, 1.54) is 12.8 Å². The highest BCUT2D eigenvalue weighted by atomic mass is 16.7. The van der Waals surface area contributed by atoms with E-state index in [1.54, 1.807) is 6.92 Å². The fourth-order valence-electron chi connectivity index (χ4n) is 4.83. The Morgan fingerprint density at radius 3 is 2.72 bits per heavy atom. The van der Waals surface area contributed by atoms with Gasteiger partial charge in [-0.3, -0.25) is 0 Å². The third kappa shape index (κ3) is 1.37. The molecule has 2 bridgehead atoms. The maximum atomic E-state index is 8.82. The molecule has 2 saturated carbocycles. The summed E-state index contributed by atoms with van der Waals surface area (Å²) in [4.78, 5) is 0. The third-order valence-corrected chi connectivity index (χ3v) is 6.21. The van der Waals surface area contributed by atoms with Gasteiger partial charge >= 0.3 is 0 Å². The van der Waals surface area contributed by atoms with Crippen LogP contribution >= 0.6 is 0 Å². The van der Waals surface area contributed by atoms with Gasteiger partial charge in [0.1, 0.15) is 6.10 Å². The summed E-state index contributed by atoms with van der Waals surface area (Å²) in [5, 5.41) is 8.82. The highest BCUT2D eigenvalue weighted by molar-refractivity contribution is 5.16. The average molecular weight is 249 g/mol. The summed E-state index contributed by atoms with van der Waals surface area (Å²) in [6.07, 6.45) is 3.38. The topological polar surface area (TPSA) is 42.2 Å². The second-order valence-corrected chi connectivity index (χ2v) is 7.08. The van der Waals surface area contributed by atoms with E-state index in [0.717, 1.165) is 12.3 Å². The van der Waals surface area contributed by atoms with Crippen LogP contribution in [0.1, 0.15) is 47.0 Å². The number of nitriles is 1. The first kappa shape index (κ1) is 12.4. The molecule has 3 rings (SSSR count). The third-order valence-electron chi connectivity index (χ3n) is 6.21. The first-order valence-corrected chi connectivity index (χ1v) is 7.10. The second kappa shape index (κ2) is 3.71. The summed E-state index contributed by atoms with van der Waals surface area (Å²) in [5.41, 5.74) is 0.671. The van der Waals surface area contributed by atoms with Crippen molar-refractivity contribution in [3.63, 3.8) is 0 Å². The smallest absolute Gasteiger partial charge is 0.160 e. The molecule has 0 aromatic rings. The summed E-state index contributed by atoms with van der Waals surface area (Å²) < 4.78 is 11.8. The van der Waals surface area contributed by atoms with Crippen LogP contribution in [0.25, 0.3) is 0 Å². The molecule has 1 aliphatic heterocycles. The molecular weight excluding hydrogens is 226 g/mol. The summed E-state index contributed by atoms with van der Waals surface area (Å²) in [6.45, 7) is 8.98. The van der Waals surface area contributed by atoms with Crippen LogP contribution in [-0.2, 0) is 9.47 Å². The molecule has 0 aromatic heterocycles. The summed E-state index contributed by atoms with van der Waals surface area (Å²) in [6, 6.07) is 2.12. The van der Waals surface area contributed by atoms with Crippen LogP contribution in [0.3, 0.4) is 0 Å². The molecule has 0 amide bonds. The Hall–Kier alpha value is -0.590. The molecule has 3 heteroatoms. The Labute approximate surface area is 109 Å². The molecule has 100 valence electrons. The van der Waals surface area contributed by atoms with Crippen molar-refractivity contribution in [2.45, 2.75) is 65.5 Å². The first-order chi connectivity index (χ1) is 8.40. The van der Waals surface area contributed by atoms with E-state index in [1.807, 2.05) is 0 Å². The van der Waals surface area contributed by atoms with Gasteiger partial charge in [0.15, 0.2) is 6.29 Å². The number of hydrogen-bond acceptors (Lipinski definition) is 3. The van der Waals surface area contributed by atoms with Gasteiger partial charge in [-0.1, -0.05) is 20.8 Å². The number of nitrogens with zero attached hydrogens (tertiary/aromatic N) is 1. The van der Waals surface area contributed by atoms with Crippen molar-refractivity contribution in [1.29, 1.82) is 5.26 Å². The highest BCUT2D eigenvalue weighted by Gasteiger charge is 2.69. The molecule has 2 aliphatic carbocycles. The molecule has 18 heavy (non-hydrogen) atoms. The molecule has 1 heterocycles. The van der Waals surface area contributed by atoms with Crippen LogP contribution < -0.4 is 0 Å². The van der Waals surface area contributed by atoms with E-state index in [-0.39, 0.29) is 17.8 Å². The molecule has 3 fully saturated rings. The molecule has 3 aliphatic rings. The first-order valence-electron chi connectivity index (χ1n) is 7.10. The summed E-state index contributed by atoms with van der Waals surface area (Å²) in [7, 11) is 0. The van der Waals surface area contributed by atoms with Gasteiger partial charge in [0.25, 0.3) is 0 Å². The Bertz CT molecular complexity index is 400. The molecule has 0 N–H and O–H groups in total. The number of rotatable bonds is 2. The average Bonchev–Trinajstić information content (AvgIpc) is 2.85. The molecule has 0 radical (unpaired) electrons. The molecule has 1 saturated heterocycles. The Morgan fingerprint density at radius 1 is 1.39 bits per heavy atom. The van der Waals surface area contributed by atoms with E-state index in [4.69, 9.17) is 14.7 Å². The van der Waals surface area contributed by atoms with Gasteiger partial charge in [0.05, 0.1) is 12.2 Å². The Morgan fingerprint density at radius 2 is 2.11 bits per heavy atom. The quantitative estimate of drug-likeness (QED) is 0.755. The minimum Gasteiger partial charge on any atom is -0.348 e. The molecule has 0 unspecified atom stereocenters. The Kier molecular flexibility index (Phi) is 2.56. The zero-order chi connectivity index (χ0) is 13.1. The predicted octanol–water partition coefficient (Wildman–Crippen LogP) is 3.10. The van der Waals surface area contributed by atoms with E-state index in [0.29, 0.717) is 17.4 Å². The van der Waals surface area contributed by atoms with Gasteiger partial charge < -0.3 is 9.47 Å². The van der Waals surface area contributed by atoms with Crippen molar-refractivity contribution in [3.8, 4) is 6.07 Å². The predicted molar refractivity (Wildman–Crippen MR) is 67.5 cm³/mol. The van der Waals surface area contributed by atoms with Crippen LogP contribution in [0.5, 0.6) is 0 Å². The molecule has 6 atom stereocenters. The van der Waals surface area contributed by atoms with E-state index in [2.05, 4.69) is 26.8 Å². The van der Waals surface area contributed by atoms with Crippen LogP contribution in [0.15, 0.2) is 0 Å². The van der Waals surface area contributed by atoms with E-state index < -0.39 is 0 Å². The van der Waals surface area contributed by atoms with Crippen molar-refractivity contribution in [1.82, 2.24) is 0 Å². The van der Waals surface area contributed by atoms with E-state index in [9.17, 15) is 0 Å². The standard InChI is InChI=1S/C15H23NO2/c1-9(8-16)17-12-7-10-11-5-6-15(4,13(10)18-12)14(11,2)3/h9-13H,5-7H2,1-4H3/t9-,10-,11-,12-,13-,15+/m1/s1. The van der Waals surface area contributed by atoms with Crippen LogP contribution in [0.2, 0.25) is 0 Å². The monoisotopic (exact) mass is 249 g/mol. The molecule has 0 spiro atoms. The van der Waals surface area contributed by atoms with Crippen LogP contribution in [0.4, 0.5) is 0 Å². The maximum Gasteiger partial charge on any atom is 0.160 e. The van der Waals surface area contributed by atoms with Gasteiger partial charge in [-0.15, -0.1) is 0 Å². The van der Waals surface area contributed by atoms with Crippen molar-refractivity contribution in [3.05, 3.63) is 0 Å². The molecular formula is C15H23NO2. The summed E-state index contributed by atoms with van der Waals surface area (Å²) in [5.74, 6) is 1.40. The lowest BCUT2D eigenvalue weighted by molar-refractivity contribution is -0.173. The highest BCUT2D eigenvalue weighted by Crippen LogP contribution is 2.71. The minimum atomic E-state index is -0.368. The maximum absolute atomic E-state index is 8.82. The second-order valence-electron chi connectivity index (χ2n) is 7.08. The zero-order valence-corrected chi connectivity index (χ0v) is 11.8. The normalized spacial score (nSPS) is 49.9. The van der Waals surface area contributed by atoms with Gasteiger partial charge in [-0.25, -0.2) is 0 Å². The van der Waals surface area contributed by atoms with Crippen LogP contribution in [0, 0.1) is 34.0 Å².